The molecule has 0 bridgehead atoms. The average molecular weight is 477 g/mol. The molecule has 10 heteroatoms. The molecule has 2 aliphatic heterocycles. The number of morpholine rings is 1. The minimum atomic E-state index is -0.300. The van der Waals surface area contributed by atoms with Crippen LogP contribution in [0, 0.1) is 5.92 Å². The van der Waals surface area contributed by atoms with Crippen LogP contribution in [0.5, 0.6) is 0 Å². The molecule has 1 saturated carbocycles. The van der Waals surface area contributed by atoms with Crippen LogP contribution in [0.15, 0.2) is 36.8 Å². The van der Waals surface area contributed by atoms with Crippen molar-refractivity contribution in [2.45, 2.75) is 31.8 Å². The predicted octanol–water partition coefficient (Wildman–Crippen LogP) is 1.93. The van der Waals surface area contributed by atoms with Crippen molar-refractivity contribution in [1.29, 1.82) is 0 Å². The first-order valence-electron chi connectivity index (χ1n) is 12.1. The monoisotopic (exact) mass is 476 g/mol. The summed E-state index contributed by atoms with van der Waals surface area (Å²) in [4.78, 5) is 35.1. The standard InChI is InChI=1S/C25H28N6O4/c32-15-16-3-1-4-21(16)30-14-17-11-20(22(12-18(17)25(30)34)29-7-9-35-10-8-29)28-24(33)19-13-27-31-6-2-5-26-23(19)31/h2,5-6,11-13,16,21,32H,1,3-4,7-10,14-15H2,(H,28,33)/t16-,21+/m1/s1. The van der Waals surface area contributed by atoms with Gasteiger partial charge in [-0.3, -0.25) is 9.59 Å². The SMILES string of the molecule is O=C(Nc1cc2c(cc1N1CCOCC1)C(=O)N([C@H]1CCC[C@@H]1CO)C2)c1cnn2cccnc12. The zero-order valence-corrected chi connectivity index (χ0v) is 19.4. The average Bonchev–Trinajstić information content (AvgIpc) is 3.61. The highest BCUT2D eigenvalue weighted by atomic mass is 16.5. The molecule has 2 aromatic heterocycles. The van der Waals surface area contributed by atoms with Crippen molar-refractivity contribution in [3.05, 3.63) is 53.5 Å². The van der Waals surface area contributed by atoms with E-state index in [9.17, 15) is 14.7 Å². The second-order valence-electron chi connectivity index (χ2n) is 9.40. The number of carbonyl (C=O) groups excluding carboxylic acids is 2. The third-order valence-corrected chi connectivity index (χ3v) is 7.43. The van der Waals surface area contributed by atoms with Crippen LogP contribution >= 0.6 is 0 Å². The van der Waals surface area contributed by atoms with E-state index in [0.29, 0.717) is 55.3 Å². The maximum Gasteiger partial charge on any atom is 0.261 e. The number of hydrogen-bond donors (Lipinski definition) is 2. The van der Waals surface area contributed by atoms with E-state index in [4.69, 9.17) is 4.74 Å². The summed E-state index contributed by atoms with van der Waals surface area (Å²) in [6.45, 7) is 3.10. The number of hydrogen-bond acceptors (Lipinski definition) is 7. The van der Waals surface area contributed by atoms with Crippen LogP contribution < -0.4 is 10.2 Å². The van der Waals surface area contributed by atoms with Gasteiger partial charge in [-0.05, 0) is 36.6 Å². The first-order valence-corrected chi connectivity index (χ1v) is 12.1. The summed E-state index contributed by atoms with van der Waals surface area (Å²) >= 11 is 0. The summed E-state index contributed by atoms with van der Waals surface area (Å²) in [5.74, 6) is -0.177. The Hall–Kier alpha value is -3.50. The fourth-order valence-corrected chi connectivity index (χ4v) is 5.62. The van der Waals surface area contributed by atoms with Gasteiger partial charge < -0.3 is 25.0 Å². The van der Waals surface area contributed by atoms with Gasteiger partial charge in [0, 0.05) is 56.2 Å². The lowest BCUT2D eigenvalue weighted by Crippen LogP contribution is -2.39. The van der Waals surface area contributed by atoms with Gasteiger partial charge in [0.05, 0.1) is 30.8 Å². The molecule has 4 heterocycles. The van der Waals surface area contributed by atoms with Gasteiger partial charge in [0.25, 0.3) is 11.8 Å². The van der Waals surface area contributed by atoms with Crippen molar-refractivity contribution >= 4 is 28.8 Å². The zero-order chi connectivity index (χ0) is 23.9. The molecule has 2 N–H and O–H groups in total. The molecular formula is C25H28N6O4. The van der Waals surface area contributed by atoms with E-state index in [1.807, 2.05) is 17.0 Å². The van der Waals surface area contributed by atoms with E-state index < -0.39 is 0 Å². The third kappa shape index (κ3) is 3.82. The van der Waals surface area contributed by atoms with E-state index in [0.717, 1.165) is 30.5 Å². The van der Waals surface area contributed by atoms with Gasteiger partial charge in [-0.1, -0.05) is 6.42 Å². The number of aliphatic hydroxyl groups excluding tert-OH is 1. The molecule has 2 atom stereocenters. The minimum absolute atomic E-state index is 0.00423. The predicted molar refractivity (Wildman–Crippen MR) is 129 cm³/mol. The number of aromatic nitrogens is 3. The van der Waals surface area contributed by atoms with Crippen LogP contribution in [-0.2, 0) is 11.3 Å². The summed E-state index contributed by atoms with van der Waals surface area (Å²) in [5, 5.41) is 17.1. The molecular weight excluding hydrogens is 448 g/mol. The molecule has 6 rings (SSSR count). The molecule has 3 aromatic rings. The van der Waals surface area contributed by atoms with Crippen molar-refractivity contribution in [3.63, 3.8) is 0 Å². The van der Waals surface area contributed by atoms with Gasteiger partial charge in [0.1, 0.15) is 5.56 Å². The molecule has 1 aromatic carbocycles. The highest BCUT2D eigenvalue weighted by Crippen LogP contribution is 2.39. The largest absolute Gasteiger partial charge is 0.396 e. The fourth-order valence-electron chi connectivity index (χ4n) is 5.62. The molecule has 0 unspecified atom stereocenters. The van der Waals surface area contributed by atoms with Crippen molar-refractivity contribution in [2.24, 2.45) is 5.92 Å². The summed E-state index contributed by atoms with van der Waals surface area (Å²) in [5.41, 5.74) is 3.90. The van der Waals surface area contributed by atoms with E-state index in [1.165, 1.54) is 6.20 Å². The maximum atomic E-state index is 13.4. The second kappa shape index (κ2) is 8.94. The van der Waals surface area contributed by atoms with Gasteiger partial charge in [-0.2, -0.15) is 5.10 Å². The highest BCUT2D eigenvalue weighted by Gasteiger charge is 2.39. The highest BCUT2D eigenvalue weighted by molar-refractivity contribution is 6.10. The van der Waals surface area contributed by atoms with Gasteiger partial charge in [-0.15, -0.1) is 0 Å². The second-order valence-corrected chi connectivity index (χ2v) is 9.40. The molecule has 2 amide bonds. The lowest BCUT2D eigenvalue weighted by molar-refractivity contribution is 0.0612. The Morgan fingerprint density at radius 3 is 2.91 bits per heavy atom. The Morgan fingerprint density at radius 1 is 1.23 bits per heavy atom. The van der Waals surface area contributed by atoms with Crippen molar-refractivity contribution in [1.82, 2.24) is 19.5 Å². The Morgan fingerprint density at radius 2 is 2.09 bits per heavy atom. The first-order chi connectivity index (χ1) is 17.1. The van der Waals surface area contributed by atoms with Crippen LogP contribution in [0.3, 0.4) is 0 Å². The first kappa shape index (κ1) is 22.0. The van der Waals surface area contributed by atoms with Crippen LogP contribution in [-0.4, -0.2) is 75.4 Å². The third-order valence-electron chi connectivity index (χ3n) is 7.43. The quantitative estimate of drug-likeness (QED) is 0.579. The number of fused-ring (bicyclic) bond motifs is 2. The number of benzene rings is 1. The van der Waals surface area contributed by atoms with Crippen molar-refractivity contribution < 1.29 is 19.4 Å². The number of amides is 2. The van der Waals surface area contributed by atoms with Crippen molar-refractivity contribution in [3.8, 4) is 0 Å². The van der Waals surface area contributed by atoms with Crippen LogP contribution in [0.2, 0.25) is 0 Å². The van der Waals surface area contributed by atoms with Crippen molar-refractivity contribution in [2.75, 3.05) is 43.1 Å². The molecule has 2 fully saturated rings. The van der Waals surface area contributed by atoms with Crippen LogP contribution in [0.25, 0.3) is 5.65 Å². The fraction of sp³-hybridized carbons (Fsp3) is 0.440. The van der Waals surface area contributed by atoms with Gasteiger partial charge in [-0.25, -0.2) is 9.50 Å². The molecule has 35 heavy (non-hydrogen) atoms. The number of nitrogens with one attached hydrogen (secondary N) is 1. The zero-order valence-electron chi connectivity index (χ0n) is 19.4. The van der Waals surface area contributed by atoms with Gasteiger partial charge in [0.2, 0.25) is 0 Å². The molecule has 182 valence electrons. The van der Waals surface area contributed by atoms with Gasteiger partial charge in [0.15, 0.2) is 5.65 Å². The summed E-state index contributed by atoms with van der Waals surface area (Å²) in [6.07, 6.45) is 7.76. The van der Waals surface area contributed by atoms with E-state index >= 15 is 0 Å². The summed E-state index contributed by atoms with van der Waals surface area (Å²) in [7, 11) is 0. The molecule has 3 aliphatic rings. The molecule has 0 spiro atoms. The Labute approximate surface area is 202 Å². The Bertz CT molecular complexity index is 1280. The molecule has 10 nitrogen and oxygen atoms in total. The molecule has 1 aliphatic carbocycles. The number of ether oxygens (including phenoxy) is 1. The molecule has 1 saturated heterocycles. The lowest BCUT2D eigenvalue weighted by Gasteiger charge is -2.31. The Kier molecular flexibility index (Phi) is 5.62. The smallest absolute Gasteiger partial charge is 0.261 e. The van der Waals surface area contributed by atoms with Crippen LogP contribution in [0.1, 0.15) is 45.5 Å². The summed E-state index contributed by atoms with van der Waals surface area (Å²) < 4.78 is 7.09. The van der Waals surface area contributed by atoms with E-state index in [1.54, 1.807) is 23.0 Å². The lowest BCUT2D eigenvalue weighted by atomic mass is 10.0. The minimum Gasteiger partial charge on any atom is -0.396 e. The molecule has 0 radical (unpaired) electrons. The number of nitrogens with zero attached hydrogens (tertiary/aromatic N) is 5. The number of aliphatic hydroxyl groups is 1. The van der Waals surface area contributed by atoms with E-state index in [2.05, 4.69) is 20.3 Å². The van der Waals surface area contributed by atoms with E-state index in [-0.39, 0.29) is 30.4 Å². The number of anilines is 2. The van der Waals surface area contributed by atoms with Crippen LogP contribution in [0.4, 0.5) is 11.4 Å². The maximum absolute atomic E-state index is 13.4. The Balaban J connectivity index is 1.35. The number of rotatable bonds is 5. The topological polar surface area (TPSA) is 112 Å². The summed E-state index contributed by atoms with van der Waals surface area (Å²) in [6, 6.07) is 5.65. The normalized spacial score (nSPS) is 22.1. The number of carbonyl (C=O) groups is 2. The van der Waals surface area contributed by atoms with Gasteiger partial charge >= 0.3 is 0 Å².